The molecule has 1 saturated heterocycles. The largest absolute Gasteiger partial charge is 0.385 e. The molecule has 0 saturated carbocycles. The Morgan fingerprint density at radius 3 is 2.60 bits per heavy atom. The van der Waals surface area contributed by atoms with Crippen LogP contribution in [0.1, 0.15) is 32.6 Å². The lowest BCUT2D eigenvalue weighted by Crippen LogP contribution is -2.36. The second-order valence-corrected chi connectivity index (χ2v) is 6.05. The fourth-order valence-electron chi connectivity index (χ4n) is 2.97. The third kappa shape index (κ3) is 7.58. The number of hydrogen-bond acceptors (Lipinski definition) is 4. The Morgan fingerprint density at radius 1 is 1.15 bits per heavy atom. The van der Waals surface area contributed by atoms with Gasteiger partial charge < -0.3 is 19.7 Å². The van der Waals surface area contributed by atoms with Gasteiger partial charge in [0.05, 0.1) is 6.61 Å². The summed E-state index contributed by atoms with van der Waals surface area (Å²) in [4.78, 5) is 2.52. The highest BCUT2D eigenvalue weighted by Crippen LogP contribution is 2.22. The zero-order chi connectivity index (χ0) is 14.6. The molecule has 2 atom stereocenters. The van der Waals surface area contributed by atoms with E-state index in [1.54, 1.807) is 14.2 Å². The minimum atomic E-state index is 0.815. The van der Waals surface area contributed by atoms with Crippen molar-refractivity contribution in [3.63, 3.8) is 0 Å². The summed E-state index contributed by atoms with van der Waals surface area (Å²) in [5.74, 6) is 1.68. The van der Waals surface area contributed by atoms with E-state index in [-0.39, 0.29) is 0 Å². The van der Waals surface area contributed by atoms with Gasteiger partial charge in [-0.3, -0.25) is 0 Å². The van der Waals surface area contributed by atoms with Crippen LogP contribution in [0.25, 0.3) is 0 Å². The van der Waals surface area contributed by atoms with Gasteiger partial charge in [0.2, 0.25) is 0 Å². The SMILES string of the molecule is COCCCN(CCOC)CCC(C)C1CCCNC1. The minimum Gasteiger partial charge on any atom is -0.385 e. The van der Waals surface area contributed by atoms with Gasteiger partial charge in [-0.05, 0) is 57.2 Å². The number of piperidine rings is 1. The minimum absolute atomic E-state index is 0.815. The van der Waals surface area contributed by atoms with Crippen LogP contribution in [0.2, 0.25) is 0 Å². The van der Waals surface area contributed by atoms with Crippen molar-refractivity contribution < 1.29 is 9.47 Å². The van der Waals surface area contributed by atoms with Crippen molar-refractivity contribution in [3.05, 3.63) is 0 Å². The standard InChI is InChI=1S/C16H34N2O2/c1-15(16-6-4-8-17-14-16)7-10-18(11-13-20-3)9-5-12-19-2/h15-17H,4-14H2,1-3H3. The zero-order valence-corrected chi connectivity index (χ0v) is 13.7. The fraction of sp³-hybridized carbons (Fsp3) is 1.00. The third-order valence-electron chi connectivity index (χ3n) is 4.47. The summed E-state index contributed by atoms with van der Waals surface area (Å²) < 4.78 is 10.4. The molecule has 1 heterocycles. The smallest absolute Gasteiger partial charge is 0.0589 e. The molecule has 120 valence electrons. The summed E-state index contributed by atoms with van der Waals surface area (Å²) >= 11 is 0. The fourth-order valence-corrected chi connectivity index (χ4v) is 2.97. The van der Waals surface area contributed by atoms with E-state index in [0.29, 0.717) is 0 Å². The second kappa shape index (κ2) is 11.5. The van der Waals surface area contributed by atoms with Gasteiger partial charge in [-0.15, -0.1) is 0 Å². The van der Waals surface area contributed by atoms with Crippen molar-refractivity contribution in [2.45, 2.75) is 32.6 Å². The van der Waals surface area contributed by atoms with Crippen LogP contribution < -0.4 is 5.32 Å². The number of nitrogens with one attached hydrogen (secondary N) is 1. The molecule has 0 aromatic carbocycles. The Bertz CT molecular complexity index is 221. The van der Waals surface area contributed by atoms with Crippen LogP contribution >= 0.6 is 0 Å². The van der Waals surface area contributed by atoms with E-state index in [2.05, 4.69) is 17.1 Å². The van der Waals surface area contributed by atoms with E-state index >= 15 is 0 Å². The maximum absolute atomic E-state index is 5.22. The molecule has 0 bridgehead atoms. The monoisotopic (exact) mass is 286 g/mol. The number of methoxy groups -OCH3 is 2. The van der Waals surface area contributed by atoms with Crippen molar-refractivity contribution in [2.24, 2.45) is 11.8 Å². The first-order chi connectivity index (χ1) is 9.77. The average molecular weight is 286 g/mol. The van der Waals surface area contributed by atoms with Crippen molar-refractivity contribution >= 4 is 0 Å². The van der Waals surface area contributed by atoms with Crippen LogP contribution in [0, 0.1) is 11.8 Å². The summed E-state index contributed by atoms with van der Waals surface area (Å²) in [5, 5.41) is 3.53. The molecule has 0 radical (unpaired) electrons. The van der Waals surface area contributed by atoms with Crippen LogP contribution in [0.4, 0.5) is 0 Å². The van der Waals surface area contributed by atoms with Crippen molar-refractivity contribution in [1.82, 2.24) is 10.2 Å². The summed E-state index contributed by atoms with van der Waals surface area (Å²) in [6.07, 6.45) is 5.15. The van der Waals surface area contributed by atoms with Gasteiger partial charge in [-0.2, -0.15) is 0 Å². The highest BCUT2D eigenvalue weighted by Gasteiger charge is 2.20. The molecule has 1 rings (SSSR count). The number of nitrogens with zero attached hydrogens (tertiary/aromatic N) is 1. The van der Waals surface area contributed by atoms with Gasteiger partial charge in [0.25, 0.3) is 0 Å². The molecule has 0 aromatic rings. The first kappa shape index (κ1) is 17.9. The van der Waals surface area contributed by atoms with Crippen LogP contribution in [-0.4, -0.2) is 65.1 Å². The quantitative estimate of drug-likeness (QED) is 0.589. The molecule has 4 nitrogen and oxygen atoms in total. The topological polar surface area (TPSA) is 33.7 Å². The number of hydrogen-bond donors (Lipinski definition) is 1. The molecule has 1 fully saturated rings. The summed E-state index contributed by atoms with van der Waals surface area (Å²) in [5.41, 5.74) is 0. The molecule has 20 heavy (non-hydrogen) atoms. The van der Waals surface area contributed by atoms with E-state index in [1.807, 2.05) is 0 Å². The van der Waals surface area contributed by atoms with Gasteiger partial charge in [0.15, 0.2) is 0 Å². The molecule has 0 aliphatic carbocycles. The Morgan fingerprint density at radius 2 is 1.95 bits per heavy atom. The lowest BCUT2D eigenvalue weighted by atomic mass is 9.85. The van der Waals surface area contributed by atoms with E-state index in [4.69, 9.17) is 9.47 Å². The van der Waals surface area contributed by atoms with Crippen molar-refractivity contribution in [1.29, 1.82) is 0 Å². The predicted octanol–water partition coefficient (Wildman–Crippen LogP) is 2.00. The molecule has 1 N–H and O–H groups in total. The van der Waals surface area contributed by atoms with Gasteiger partial charge >= 0.3 is 0 Å². The number of ether oxygens (including phenoxy) is 2. The van der Waals surface area contributed by atoms with E-state index in [1.165, 1.54) is 38.9 Å². The lowest BCUT2D eigenvalue weighted by Gasteiger charge is -2.30. The summed E-state index contributed by atoms with van der Waals surface area (Å²) in [6, 6.07) is 0. The van der Waals surface area contributed by atoms with Gasteiger partial charge in [0.1, 0.15) is 0 Å². The Hall–Kier alpha value is -0.160. The third-order valence-corrected chi connectivity index (χ3v) is 4.47. The van der Waals surface area contributed by atoms with E-state index in [0.717, 1.165) is 44.6 Å². The molecule has 2 unspecified atom stereocenters. The van der Waals surface area contributed by atoms with Crippen LogP contribution in [0.15, 0.2) is 0 Å². The van der Waals surface area contributed by atoms with Crippen LogP contribution in [-0.2, 0) is 9.47 Å². The first-order valence-electron chi connectivity index (χ1n) is 8.19. The average Bonchev–Trinajstić information content (AvgIpc) is 2.50. The van der Waals surface area contributed by atoms with Crippen LogP contribution in [0.3, 0.4) is 0 Å². The molecule has 1 aliphatic heterocycles. The first-order valence-corrected chi connectivity index (χ1v) is 8.19. The Kier molecular flexibility index (Phi) is 10.3. The van der Waals surface area contributed by atoms with E-state index in [9.17, 15) is 0 Å². The molecule has 0 amide bonds. The Labute approximate surface area is 125 Å². The number of rotatable bonds is 11. The van der Waals surface area contributed by atoms with Crippen LogP contribution in [0.5, 0.6) is 0 Å². The summed E-state index contributed by atoms with van der Waals surface area (Å²) in [7, 11) is 3.56. The predicted molar refractivity (Wildman–Crippen MR) is 84.2 cm³/mol. The van der Waals surface area contributed by atoms with Crippen molar-refractivity contribution in [2.75, 3.05) is 60.2 Å². The maximum atomic E-state index is 5.22. The summed E-state index contributed by atoms with van der Waals surface area (Å²) in [6.45, 7) is 9.86. The van der Waals surface area contributed by atoms with E-state index < -0.39 is 0 Å². The molecular formula is C16H34N2O2. The van der Waals surface area contributed by atoms with Gasteiger partial charge in [-0.25, -0.2) is 0 Å². The second-order valence-electron chi connectivity index (χ2n) is 6.05. The molecule has 0 spiro atoms. The lowest BCUT2D eigenvalue weighted by molar-refractivity contribution is 0.125. The maximum Gasteiger partial charge on any atom is 0.0589 e. The molecular weight excluding hydrogens is 252 g/mol. The van der Waals surface area contributed by atoms with Crippen molar-refractivity contribution in [3.8, 4) is 0 Å². The molecule has 4 heteroatoms. The normalized spacial score (nSPS) is 21.3. The zero-order valence-electron chi connectivity index (χ0n) is 13.7. The van der Waals surface area contributed by atoms with Gasteiger partial charge in [0, 0.05) is 33.9 Å². The molecule has 0 aromatic heterocycles. The highest BCUT2D eigenvalue weighted by molar-refractivity contribution is 4.75. The highest BCUT2D eigenvalue weighted by atomic mass is 16.5. The van der Waals surface area contributed by atoms with Gasteiger partial charge in [-0.1, -0.05) is 6.92 Å². The molecule has 1 aliphatic rings. The Balaban J connectivity index is 2.23.